The van der Waals surface area contributed by atoms with Crippen molar-refractivity contribution in [2.45, 2.75) is 45.5 Å². The van der Waals surface area contributed by atoms with Crippen molar-refractivity contribution < 1.29 is 24.9 Å². The van der Waals surface area contributed by atoms with Gasteiger partial charge in [-0.2, -0.15) is 0 Å². The molecule has 1 aliphatic rings. The van der Waals surface area contributed by atoms with Crippen LogP contribution in [0.25, 0.3) is 0 Å². The minimum absolute atomic E-state index is 0. The Kier molecular flexibility index (Phi) is 8.65. The number of carbonyl (C=O) groups is 2. The molecule has 0 spiro atoms. The largest absolute Gasteiger partial charge is 0.390 e. The smallest absolute Gasteiger partial charge is 0.227 e. The third-order valence-corrected chi connectivity index (χ3v) is 3.30. The summed E-state index contributed by atoms with van der Waals surface area (Å²) in [6, 6.07) is 0. The third kappa shape index (κ3) is 4.97. The van der Waals surface area contributed by atoms with Gasteiger partial charge in [-0.3, -0.25) is 19.5 Å². The molecule has 0 fully saturated rings. The Bertz CT molecular complexity index is 633. The molecular weight excluding hydrogens is 377 g/mol. The molecule has 4 atom stereocenters. The monoisotopic (exact) mass is 397 g/mol. The van der Waals surface area contributed by atoms with Crippen molar-refractivity contribution in [1.82, 2.24) is 20.6 Å². The van der Waals surface area contributed by atoms with Crippen LogP contribution in [0.3, 0.4) is 0 Å². The van der Waals surface area contributed by atoms with E-state index in [-0.39, 0.29) is 42.0 Å². The first-order chi connectivity index (χ1) is 10.7. The first-order valence-electron chi connectivity index (χ1n) is 6.96. The molecule has 2 rings (SSSR count). The number of hydrogen-bond donors (Lipinski definition) is 5. The summed E-state index contributed by atoms with van der Waals surface area (Å²) in [6.07, 6.45) is -3.46. The lowest BCUT2D eigenvalue weighted by atomic mass is 10.1. The molecule has 0 saturated heterocycles. The van der Waals surface area contributed by atoms with Crippen LogP contribution in [0, 0.1) is 0 Å². The van der Waals surface area contributed by atoms with Gasteiger partial charge >= 0.3 is 0 Å². The van der Waals surface area contributed by atoms with Gasteiger partial charge in [0.1, 0.15) is 11.8 Å². The summed E-state index contributed by atoms with van der Waals surface area (Å²) < 4.78 is 0. The van der Waals surface area contributed by atoms with Gasteiger partial charge in [0.2, 0.25) is 11.8 Å². The van der Waals surface area contributed by atoms with E-state index in [2.05, 4.69) is 20.6 Å². The summed E-state index contributed by atoms with van der Waals surface area (Å²) >= 11 is 0. The van der Waals surface area contributed by atoms with E-state index < -0.39 is 36.5 Å². The zero-order valence-electron chi connectivity index (χ0n) is 13.7. The highest BCUT2D eigenvalue weighted by Crippen LogP contribution is 2.29. The van der Waals surface area contributed by atoms with Crippen molar-refractivity contribution in [2.75, 3.05) is 4.90 Å². The molecule has 2 amide bonds. The minimum atomic E-state index is -1.30. The normalized spacial score (nSPS) is 21.1. The number of nitrogens with zero attached hydrogens (tertiary/aromatic N) is 3. The molecular formula is C13H21Cl2N5O5. The fraction of sp³-hybridized carbons (Fsp3) is 0.538. The van der Waals surface area contributed by atoms with Crippen LogP contribution in [0.4, 0.5) is 5.82 Å². The van der Waals surface area contributed by atoms with E-state index in [4.69, 9.17) is 0 Å². The van der Waals surface area contributed by atoms with Crippen LogP contribution in [-0.4, -0.2) is 49.5 Å². The van der Waals surface area contributed by atoms with E-state index in [0.29, 0.717) is 0 Å². The molecule has 2 heterocycles. The lowest BCUT2D eigenvalue weighted by molar-refractivity contribution is -0.121. The second-order valence-corrected chi connectivity index (χ2v) is 5.25. The minimum Gasteiger partial charge on any atom is -0.390 e. The highest BCUT2D eigenvalue weighted by atomic mass is 35.5. The van der Waals surface area contributed by atoms with E-state index in [9.17, 15) is 24.9 Å². The van der Waals surface area contributed by atoms with Crippen molar-refractivity contribution in [2.24, 2.45) is 0 Å². The summed E-state index contributed by atoms with van der Waals surface area (Å²) in [5.41, 5.74) is 0.115. The van der Waals surface area contributed by atoms with Crippen LogP contribution in [0.1, 0.15) is 44.5 Å². The van der Waals surface area contributed by atoms with Gasteiger partial charge in [0, 0.05) is 13.8 Å². The SMILES string of the molecule is CC(=O)NC1NC(O)c2ncc(C(O)C(C)O)nc2N1C(C)=O.Cl.Cl. The molecule has 1 aromatic rings. The van der Waals surface area contributed by atoms with Crippen LogP contribution in [-0.2, 0) is 9.59 Å². The number of nitrogens with one attached hydrogen (secondary N) is 2. The predicted octanol–water partition coefficient (Wildman–Crippen LogP) is -0.899. The van der Waals surface area contributed by atoms with Gasteiger partial charge in [-0.1, -0.05) is 0 Å². The van der Waals surface area contributed by atoms with Crippen molar-refractivity contribution in [1.29, 1.82) is 0 Å². The Morgan fingerprint density at radius 3 is 2.40 bits per heavy atom. The average Bonchev–Trinajstić information content (AvgIpc) is 2.44. The molecule has 142 valence electrons. The van der Waals surface area contributed by atoms with Gasteiger partial charge in [-0.25, -0.2) is 10.3 Å². The van der Waals surface area contributed by atoms with Crippen LogP contribution >= 0.6 is 24.8 Å². The van der Waals surface area contributed by atoms with E-state index in [1.807, 2.05) is 0 Å². The molecule has 1 aromatic heterocycles. The fourth-order valence-corrected chi connectivity index (χ4v) is 2.22. The zero-order chi connectivity index (χ0) is 17.3. The van der Waals surface area contributed by atoms with Gasteiger partial charge in [0.05, 0.1) is 18.0 Å². The van der Waals surface area contributed by atoms with E-state index in [0.717, 1.165) is 4.90 Å². The van der Waals surface area contributed by atoms with Crippen molar-refractivity contribution >= 4 is 42.4 Å². The molecule has 4 unspecified atom stereocenters. The number of aliphatic hydroxyl groups excluding tert-OH is 3. The number of fused-ring (bicyclic) bond motifs is 1. The molecule has 25 heavy (non-hydrogen) atoms. The van der Waals surface area contributed by atoms with Gasteiger partial charge < -0.3 is 20.6 Å². The molecule has 0 radical (unpaired) electrons. The maximum atomic E-state index is 11.9. The van der Waals surface area contributed by atoms with Crippen LogP contribution < -0.4 is 15.5 Å². The second kappa shape index (κ2) is 9.22. The Labute approximate surface area is 156 Å². The number of halogens is 2. The van der Waals surface area contributed by atoms with Gasteiger partial charge in [0.15, 0.2) is 18.3 Å². The Hall–Kier alpha value is -1.56. The third-order valence-electron chi connectivity index (χ3n) is 3.30. The molecule has 5 N–H and O–H groups in total. The van der Waals surface area contributed by atoms with Crippen molar-refractivity contribution in [3.05, 3.63) is 17.6 Å². The maximum Gasteiger partial charge on any atom is 0.227 e. The Morgan fingerprint density at radius 1 is 1.32 bits per heavy atom. The topological polar surface area (TPSA) is 148 Å². The average molecular weight is 398 g/mol. The number of carbonyl (C=O) groups excluding carboxylic acids is 2. The van der Waals surface area contributed by atoms with Crippen LogP contribution in [0.2, 0.25) is 0 Å². The lowest BCUT2D eigenvalue weighted by Crippen LogP contribution is -2.62. The Morgan fingerprint density at radius 2 is 1.92 bits per heavy atom. The Balaban J connectivity index is 0.00000288. The highest BCUT2D eigenvalue weighted by Gasteiger charge is 2.37. The standard InChI is InChI=1S/C13H19N5O5.2ClH/c1-5(19)10(22)8-4-14-9-11(16-8)18(7(3)21)13(15-6(2)20)17-12(9)23;;/h4-5,10,12-13,17,19,22-23H,1-3H3,(H,15,20);2*1H. The molecule has 12 heteroatoms. The first kappa shape index (κ1) is 23.4. The quantitative estimate of drug-likeness (QED) is 0.440. The summed E-state index contributed by atoms with van der Waals surface area (Å²) in [4.78, 5) is 32.5. The molecule has 0 saturated carbocycles. The zero-order valence-corrected chi connectivity index (χ0v) is 15.3. The lowest BCUT2D eigenvalue weighted by Gasteiger charge is -2.38. The van der Waals surface area contributed by atoms with Crippen LogP contribution in [0.15, 0.2) is 6.20 Å². The number of aliphatic hydroxyl groups is 3. The molecule has 10 nitrogen and oxygen atoms in total. The van der Waals surface area contributed by atoms with Crippen LogP contribution in [0.5, 0.6) is 0 Å². The molecule has 0 aliphatic carbocycles. The molecule has 0 bridgehead atoms. The van der Waals surface area contributed by atoms with Crippen molar-refractivity contribution in [3.63, 3.8) is 0 Å². The van der Waals surface area contributed by atoms with Gasteiger partial charge in [0.25, 0.3) is 0 Å². The van der Waals surface area contributed by atoms with E-state index >= 15 is 0 Å². The predicted molar refractivity (Wildman–Crippen MR) is 92.0 cm³/mol. The van der Waals surface area contributed by atoms with Crippen molar-refractivity contribution in [3.8, 4) is 0 Å². The first-order valence-corrected chi connectivity index (χ1v) is 6.96. The van der Waals surface area contributed by atoms with E-state index in [1.54, 1.807) is 0 Å². The number of hydrogen-bond acceptors (Lipinski definition) is 8. The number of aromatic nitrogens is 2. The highest BCUT2D eigenvalue weighted by molar-refractivity contribution is 5.92. The molecule has 0 aromatic carbocycles. The summed E-state index contributed by atoms with van der Waals surface area (Å²) in [6.45, 7) is 3.91. The summed E-state index contributed by atoms with van der Waals surface area (Å²) in [5, 5.41) is 34.5. The van der Waals surface area contributed by atoms with Gasteiger partial charge in [-0.15, -0.1) is 24.8 Å². The number of anilines is 1. The number of amides is 2. The van der Waals surface area contributed by atoms with E-state index in [1.165, 1.54) is 27.0 Å². The maximum absolute atomic E-state index is 11.9. The summed E-state index contributed by atoms with van der Waals surface area (Å²) in [7, 11) is 0. The number of rotatable bonds is 3. The second-order valence-electron chi connectivity index (χ2n) is 5.25. The summed E-state index contributed by atoms with van der Waals surface area (Å²) in [5.74, 6) is -0.875. The molecule has 1 aliphatic heterocycles. The van der Waals surface area contributed by atoms with Gasteiger partial charge in [-0.05, 0) is 6.92 Å². The fourth-order valence-electron chi connectivity index (χ4n) is 2.22.